The van der Waals surface area contributed by atoms with Crippen molar-refractivity contribution in [2.45, 2.75) is 50.5 Å². The maximum atomic E-state index is 12.8. The van der Waals surface area contributed by atoms with Gasteiger partial charge in [0.1, 0.15) is 6.54 Å². The third kappa shape index (κ3) is 3.90. The Hall–Kier alpha value is -2.77. The van der Waals surface area contributed by atoms with Crippen molar-refractivity contribution in [3.63, 3.8) is 0 Å². The Kier molecular flexibility index (Phi) is 4.87. The van der Waals surface area contributed by atoms with E-state index < -0.39 is 18.9 Å². The molecule has 2 saturated carbocycles. The molecule has 2 aliphatic rings. The fraction of sp³-hybridized carbons (Fsp3) is 0.450. The van der Waals surface area contributed by atoms with E-state index in [0.717, 1.165) is 35.9 Å². The van der Waals surface area contributed by atoms with E-state index in [-0.39, 0.29) is 11.8 Å². The summed E-state index contributed by atoms with van der Waals surface area (Å²) in [6, 6.07) is 5.09. The van der Waals surface area contributed by atoms with Crippen LogP contribution in [0, 0.1) is 0 Å². The SMILES string of the molecule is COC(=O)c1ccc(NC(=O)c2cn(CC(F)F)nc2C2CC2)cc1C1CC1. The van der Waals surface area contributed by atoms with Crippen LogP contribution in [0.25, 0.3) is 0 Å². The summed E-state index contributed by atoms with van der Waals surface area (Å²) in [4.78, 5) is 24.8. The van der Waals surface area contributed by atoms with E-state index in [1.807, 2.05) is 0 Å². The van der Waals surface area contributed by atoms with Crippen molar-refractivity contribution in [3.8, 4) is 0 Å². The Morgan fingerprint density at radius 1 is 1.21 bits per heavy atom. The molecule has 2 aliphatic carbocycles. The topological polar surface area (TPSA) is 73.2 Å². The monoisotopic (exact) mass is 389 g/mol. The van der Waals surface area contributed by atoms with E-state index in [1.54, 1.807) is 18.2 Å². The third-order valence-corrected chi connectivity index (χ3v) is 5.06. The highest BCUT2D eigenvalue weighted by atomic mass is 19.3. The number of carbonyl (C=O) groups is 2. The average Bonchev–Trinajstić information content (AvgIpc) is 3.58. The van der Waals surface area contributed by atoms with Gasteiger partial charge in [-0.2, -0.15) is 5.10 Å². The van der Waals surface area contributed by atoms with Gasteiger partial charge < -0.3 is 10.1 Å². The van der Waals surface area contributed by atoms with E-state index in [1.165, 1.54) is 13.3 Å². The van der Waals surface area contributed by atoms with Crippen LogP contribution in [0.1, 0.15) is 69.5 Å². The van der Waals surface area contributed by atoms with Crippen molar-refractivity contribution in [1.82, 2.24) is 9.78 Å². The zero-order valence-electron chi connectivity index (χ0n) is 15.5. The number of nitrogens with zero attached hydrogens (tertiary/aromatic N) is 2. The maximum absolute atomic E-state index is 12.8. The third-order valence-electron chi connectivity index (χ3n) is 5.06. The highest BCUT2D eigenvalue weighted by Crippen LogP contribution is 2.43. The fourth-order valence-electron chi connectivity index (χ4n) is 3.37. The second-order valence-corrected chi connectivity index (χ2v) is 7.34. The van der Waals surface area contributed by atoms with Crippen LogP contribution < -0.4 is 5.32 Å². The first-order valence-electron chi connectivity index (χ1n) is 9.35. The molecule has 2 aromatic rings. The Morgan fingerprint density at radius 2 is 1.93 bits per heavy atom. The molecule has 0 radical (unpaired) electrons. The number of esters is 1. The summed E-state index contributed by atoms with van der Waals surface area (Å²) in [6.45, 7) is -0.535. The van der Waals surface area contributed by atoms with Gasteiger partial charge in [-0.25, -0.2) is 13.6 Å². The summed E-state index contributed by atoms with van der Waals surface area (Å²) in [7, 11) is 1.34. The van der Waals surface area contributed by atoms with Crippen molar-refractivity contribution in [2.75, 3.05) is 12.4 Å². The number of nitrogens with one attached hydrogen (secondary N) is 1. The second kappa shape index (κ2) is 7.33. The summed E-state index contributed by atoms with van der Waals surface area (Å²) < 4.78 is 31.3. The molecular weight excluding hydrogens is 368 g/mol. The Balaban J connectivity index is 1.58. The lowest BCUT2D eigenvalue weighted by atomic mass is 10.0. The predicted molar refractivity (Wildman–Crippen MR) is 97.9 cm³/mol. The number of methoxy groups -OCH3 is 1. The van der Waals surface area contributed by atoms with Gasteiger partial charge in [-0.15, -0.1) is 0 Å². The van der Waals surface area contributed by atoms with Crippen molar-refractivity contribution >= 4 is 17.6 Å². The van der Waals surface area contributed by atoms with Gasteiger partial charge in [-0.3, -0.25) is 9.48 Å². The summed E-state index contributed by atoms with van der Waals surface area (Å²) in [5, 5.41) is 7.02. The predicted octanol–water partition coefficient (Wildman–Crippen LogP) is 3.94. The van der Waals surface area contributed by atoms with Gasteiger partial charge in [0.2, 0.25) is 0 Å². The maximum Gasteiger partial charge on any atom is 0.338 e. The quantitative estimate of drug-likeness (QED) is 0.728. The van der Waals surface area contributed by atoms with Crippen LogP contribution in [0.5, 0.6) is 0 Å². The Bertz CT molecular complexity index is 917. The molecule has 0 saturated heterocycles. The number of halogens is 2. The van der Waals surface area contributed by atoms with Crippen LogP contribution >= 0.6 is 0 Å². The molecule has 4 rings (SSSR count). The van der Waals surface area contributed by atoms with Gasteiger partial charge >= 0.3 is 5.97 Å². The molecule has 0 unspecified atom stereocenters. The number of amides is 1. The van der Waals surface area contributed by atoms with Crippen molar-refractivity contribution in [3.05, 3.63) is 46.8 Å². The number of alkyl halides is 2. The van der Waals surface area contributed by atoms with Crippen molar-refractivity contribution < 1.29 is 23.1 Å². The first-order chi connectivity index (χ1) is 13.5. The molecule has 0 bridgehead atoms. The smallest absolute Gasteiger partial charge is 0.338 e. The zero-order valence-corrected chi connectivity index (χ0v) is 15.5. The van der Waals surface area contributed by atoms with Gasteiger partial charge in [0.25, 0.3) is 12.3 Å². The lowest BCUT2D eigenvalue weighted by Crippen LogP contribution is -2.14. The van der Waals surface area contributed by atoms with Crippen LogP contribution in [0.3, 0.4) is 0 Å². The molecule has 1 aromatic carbocycles. The van der Waals surface area contributed by atoms with Gasteiger partial charge in [0.05, 0.1) is 23.9 Å². The van der Waals surface area contributed by atoms with E-state index in [4.69, 9.17) is 4.74 Å². The summed E-state index contributed by atoms with van der Waals surface area (Å²) in [5.41, 5.74) is 2.83. The molecule has 1 N–H and O–H groups in total. The molecule has 28 heavy (non-hydrogen) atoms. The van der Waals surface area contributed by atoms with Crippen LogP contribution in [0.15, 0.2) is 24.4 Å². The van der Waals surface area contributed by atoms with Crippen LogP contribution in [0.2, 0.25) is 0 Å². The molecular formula is C20H21F2N3O3. The number of anilines is 1. The van der Waals surface area contributed by atoms with E-state index in [9.17, 15) is 18.4 Å². The molecule has 1 amide bonds. The largest absolute Gasteiger partial charge is 0.465 e. The van der Waals surface area contributed by atoms with Gasteiger partial charge in [-0.05, 0) is 55.4 Å². The molecule has 8 heteroatoms. The second-order valence-electron chi connectivity index (χ2n) is 7.34. The molecule has 1 aromatic heterocycles. The summed E-state index contributed by atoms with van der Waals surface area (Å²) in [6.07, 6.45) is 2.66. The average molecular weight is 389 g/mol. The number of benzene rings is 1. The molecule has 6 nitrogen and oxygen atoms in total. The minimum atomic E-state index is -2.53. The van der Waals surface area contributed by atoms with E-state index in [2.05, 4.69) is 10.4 Å². The van der Waals surface area contributed by atoms with Crippen LogP contribution in [-0.4, -0.2) is 35.2 Å². The number of carbonyl (C=O) groups excluding carboxylic acids is 2. The van der Waals surface area contributed by atoms with Crippen molar-refractivity contribution in [2.24, 2.45) is 0 Å². The van der Waals surface area contributed by atoms with Crippen molar-refractivity contribution in [1.29, 1.82) is 0 Å². The van der Waals surface area contributed by atoms with Gasteiger partial charge in [0.15, 0.2) is 0 Å². The van der Waals surface area contributed by atoms with Gasteiger partial charge in [0, 0.05) is 17.8 Å². The summed E-state index contributed by atoms with van der Waals surface area (Å²) >= 11 is 0. The minimum absolute atomic E-state index is 0.156. The Morgan fingerprint density at radius 3 is 2.54 bits per heavy atom. The van der Waals surface area contributed by atoms with Crippen LogP contribution in [-0.2, 0) is 11.3 Å². The van der Waals surface area contributed by atoms with E-state index >= 15 is 0 Å². The number of hydrogen-bond donors (Lipinski definition) is 1. The Labute approximate surface area is 160 Å². The first-order valence-corrected chi connectivity index (χ1v) is 9.35. The molecule has 1 heterocycles. The standard InChI is InChI=1S/C20H21F2N3O3/c1-28-20(27)14-7-6-13(8-15(14)11-2-3-11)23-19(26)16-9-25(10-17(21)22)24-18(16)12-4-5-12/h6-9,11-12,17H,2-5,10H2,1H3,(H,23,26). The number of rotatable bonds is 7. The summed E-state index contributed by atoms with van der Waals surface area (Å²) in [5.74, 6) is -0.329. The number of ether oxygens (including phenoxy) is 1. The zero-order chi connectivity index (χ0) is 19.8. The highest BCUT2D eigenvalue weighted by Gasteiger charge is 2.32. The number of aromatic nitrogens is 2. The minimum Gasteiger partial charge on any atom is -0.465 e. The van der Waals surface area contributed by atoms with Gasteiger partial charge in [-0.1, -0.05) is 0 Å². The normalized spacial score (nSPS) is 16.3. The highest BCUT2D eigenvalue weighted by molar-refractivity contribution is 6.05. The lowest BCUT2D eigenvalue weighted by Gasteiger charge is -2.11. The fourth-order valence-corrected chi connectivity index (χ4v) is 3.37. The lowest BCUT2D eigenvalue weighted by molar-refractivity contribution is 0.0599. The molecule has 2 fully saturated rings. The van der Waals surface area contributed by atoms with Crippen LogP contribution in [0.4, 0.5) is 14.5 Å². The molecule has 0 spiro atoms. The first kappa shape index (κ1) is 18.6. The molecule has 0 atom stereocenters. The molecule has 148 valence electrons. The molecule has 0 aliphatic heterocycles. The number of hydrogen-bond acceptors (Lipinski definition) is 4. The van der Waals surface area contributed by atoms with E-state index in [0.29, 0.717) is 28.4 Å².